The summed E-state index contributed by atoms with van der Waals surface area (Å²) in [6.45, 7) is 3.97. The van der Waals surface area contributed by atoms with Gasteiger partial charge in [0.25, 0.3) is 0 Å². The predicted octanol–water partition coefficient (Wildman–Crippen LogP) is 3.05. The molecule has 0 fully saturated rings. The Bertz CT molecular complexity index is 657. The number of H-pyrrole nitrogens is 1. The van der Waals surface area contributed by atoms with Crippen LogP contribution in [0.2, 0.25) is 5.02 Å². The van der Waals surface area contributed by atoms with Crippen LogP contribution < -0.4 is 0 Å². The van der Waals surface area contributed by atoms with Crippen LogP contribution in [0.15, 0.2) is 35.4 Å². The van der Waals surface area contributed by atoms with E-state index in [2.05, 4.69) is 14.9 Å². The van der Waals surface area contributed by atoms with Crippen LogP contribution in [0.4, 0.5) is 0 Å². The fraction of sp³-hybridized carbons (Fsp3) is 0.412. The maximum atomic E-state index is 12.6. The lowest BCUT2D eigenvalue weighted by Gasteiger charge is -2.24. The monoisotopic (exact) mass is 366 g/mol. The van der Waals surface area contributed by atoms with Crippen molar-refractivity contribution in [2.75, 3.05) is 32.9 Å². The Kier molecular flexibility index (Phi) is 7.15. The fourth-order valence-electron chi connectivity index (χ4n) is 2.14. The summed E-state index contributed by atoms with van der Waals surface area (Å²) in [6.07, 6.45) is 1.79. The van der Waals surface area contributed by atoms with E-state index >= 15 is 0 Å². The standard InChI is InChI=1S/C17H23ClN4OS/c1-13-19-10-15(20-13)11-22(9-8-21(2)3)17(23)12-24-16-6-4-14(18)5-7-16/h4-7,10H,8-9,11-12H2,1-3H3,(H,19,20). The summed E-state index contributed by atoms with van der Waals surface area (Å²) >= 11 is 7.42. The van der Waals surface area contributed by atoms with Crippen LogP contribution in [0.1, 0.15) is 11.5 Å². The highest BCUT2D eigenvalue weighted by Crippen LogP contribution is 2.21. The van der Waals surface area contributed by atoms with Gasteiger partial charge >= 0.3 is 0 Å². The number of hydrogen-bond acceptors (Lipinski definition) is 4. The van der Waals surface area contributed by atoms with E-state index in [9.17, 15) is 4.79 Å². The van der Waals surface area contributed by atoms with Gasteiger partial charge in [0.05, 0.1) is 24.2 Å². The van der Waals surface area contributed by atoms with Gasteiger partial charge in [0.2, 0.25) is 5.91 Å². The van der Waals surface area contributed by atoms with Crippen LogP contribution in [0.3, 0.4) is 0 Å². The summed E-state index contributed by atoms with van der Waals surface area (Å²) in [5.41, 5.74) is 0.955. The molecule has 0 bridgehead atoms. The Labute approximate surface area is 152 Å². The number of amides is 1. The van der Waals surface area contributed by atoms with E-state index in [1.165, 1.54) is 11.8 Å². The summed E-state index contributed by atoms with van der Waals surface area (Å²) in [5.74, 6) is 1.38. The molecule has 1 aromatic heterocycles. The minimum absolute atomic E-state index is 0.115. The van der Waals surface area contributed by atoms with Crippen LogP contribution in [0.5, 0.6) is 0 Å². The average molecular weight is 367 g/mol. The molecule has 130 valence electrons. The van der Waals surface area contributed by atoms with Crippen LogP contribution in [0, 0.1) is 6.92 Å². The molecule has 2 rings (SSSR count). The Morgan fingerprint density at radius 1 is 1.25 bits per heavy atom. The second-order valence-electron chi connectivity index (χ2n) is 5.86. The molecule has 5 nitrogen and oxygen atoms in total. The van der Waals surface area contributed by atoms with Gasteiger partial charge in [-0.05, 0) is 45.3 Å². The summed E-state index contributed by atoms with van der Waals surface area (Å²) in [6, 6.07) is 7.54. The second-order valence-corrected chi connectivity index (χ2v) is 7.34. The predicted molar refractivity (Wildman–Crippen MR) is 99.5 cm³/mol. The van der Waals surface area contributed by atoms with Gasteiger partial charge in [-0.3, -0.25) is 4.79 Å². The number of imidazole rings is 1. The molecular formula is C17H23ClN4OS. The lowest BCUT2D eigenvalue weighted by molar-refractivity contribution is -0.129. The topological polar surface area (TPSA) is 52.2 Å². The SMILES string of the molecule is Cc1ncc(CN(CCN(C)C)C(=O)CSc2ccc(Cl)cc2)[nH]1. The summed E-state index contributed by atoms with van der Waals surface area (Å²) in [4.78, 5) is 25.0. The van der Waals surface area contributed by atoms with Crippen LogP contribution >= 0.6 is 23.4 Å². The van der Waals surface area contributed by atoms with Gasteiger partial charge in [0.15, 0.2) is 0 Å². The molecule has 24 heavy (non-hydrogen) atoms. The second kappa shape index (κ2) is 9.11. The third kappa shape index (κ3) is 6.19. The van der Waals surface area contributed by atoms with E-state index < -0.39 is 0 Å². The van der Waals surface area contributed by atoms with E-state index in [0.29, 0.717) is 23.9 Å². The van der Waals surface area contributed by atoms with E-state index in [-0.39, 0.29) is 5.91 Å². The summed E-state index contributed by atoms with van der Waals surface area (Å²) in [5, 5.41) is 0.702. The van der Waals surface area contributed by atoms with Crippen LogP contribution in [-0.4, -0.2) is 58.6 Å². The van der Waals surface area contributed by atoms with Crippen molar-refractivity contribution < 1.29 is 4.79 Å². The van der Waals surface area contributed by atoms with Gasteiger partial charge in [-0.15, -0.1) is 11.8 Å². The lowest BCUT2D eigenvalue weighted by atomic mass is 10.3. The Hall–Kier alpha value is -1.50. The first-order chi connectivity index (χ1) is 11.4. The van der Waals surface area contributed by atoms with E-state index in [4.69, 9.17) is 11.6 Å². The number of thioether (sulfide) groups is 1. The zero-order chi connectivity index (χ0) is 17.5. The molecule has 0 spiro atoms. The smallest absolute Gasteiger partial charge is 0.233 e. The molecule has 1 aromatic carbocycles. The van der Waals surface area contributed by atoms with Crippen LogP contribution in [0.25, 0.3) is 0 Å². The fourth-order valence-corrected chi connectivity index (χ4v) is 3.06. The van der Waals surface area contributed by atoms with Crippen molar-refractivity contribution in [1.29, 1.82) is 0 Å². The molecule has 0 atom stereocenters. The van der Waals surface area contributed by atoms with E-state index in [1.807, 2.05) is 50.2 Å². The number of nitrogens with zero attached hydrogens (tertiary/aromatic N) is 3. The van der Waals surface area contributed by atoms with Crippen molar-refractivity contribution in [3.05, 3.63) is 47.0 Å². The van der Waals surface area contributed by atoms with Crippen molar-refractivity contribution in [2.45, 2.75) is 18.4 Å². The molecule has 1 heterocycles. The van der Waals surface area contributed by atoms with Gasteiger partial charge in [0, 0.05) is 23.0 Å². The molecular weight excluding hydrogens is 344 g/mol. The summed E-state index contributed by atoms with van der Waals surface area (Å²) < 4.78 is 0. The van der Waals surface area contributed by atoms with Gasteiger partial charge in [0.1, 0.15) is 5.82 Å². The normalized spacial score (nSPS) is 11.0. The number of nitrogens with one attached hydrogen (secondary N) is 1. The number of benzene rings is 1. The minimum Gasteiger partial charge on any atom is -0.345 e. The first-order valence-electron chi connectivity index (χ1n) is 7.75. The number of rotatable bonds is 8. The molecule has 0 saturated carbocycles. The molecule has 0 radical (unpaired) electrons. The molecule has 0 unspecified atom stereocenters. The van der Waals surface area contributed by atoms with Crippen molar-refractivity contribution in [3.8, 4) is 0 Å². The largest absolute Gasteiger partial charge is 0.345 e. The van der Waals surface area contributed by atoms with Crippen LogP contribution in [-0.2, 0) is 11.3 Å². The number of aryl methyl sites for hydroxylation is 1. The minimum atomic E-state index is 0.115. The molecule has 7 heteroatoms. The summed E-state index contributed by atoms with van der Waals surface area (Å²) in [7, 11) is 4.01. The number of halogens is 1. The van der Waals surface area contributed by atoms with Crippen molar-refractivity contribution >= 4 is 29.3 Å². The number of aromatic amines is 1. The zero-order valence-electron chi connectivity index (χ0n) is 14.3. The molecule has 0 aliphatic rings. The first kappa shape index (κ1) is 18.8. The number of aromatic nitrogens is 2. The lowest BCUT2D eigenvalue weighted by Crippen LogP contribution is -2.37. The Morgan fingerprint density at radius 2 is 1.96 bits per heavy atom. The van der Waals surface area contributed by atoms with Crippen molar-refractivity contribution in [2.24, 2.45) is 0 Å². The highest BCUT2D eigenvalue weighted by molar-refractivity contribution is 8.00. The van der Waals surface area contributed by atoms with Crippen molar-refractivity contribution in [1.82, 2.24) is 19.8 Å². The molecule has 1 N–H and O–H groups in total. The third-order valence-corrected chi connectivity index (χ3v) is 4.71. The first-order valence-corrected chi connectivity index (χ1v) is 9.12. The van der Waals surface area contributed by atoms with Gasteiger partial charge in [-0.2, -0.15) is 0 Å². The maximum Gasteiger partial charge on any atom is 0.233 e. The number of carbonyl (C=O) groups excluding carboxylic acids is 1. The van der Waals surface area contributed by atoms with Gasteiger partial charge < -0.3 is 14.8 Å². The highest BCUT2D eigenvalue weighted by atomic mass is 35.5. The molecule has 2 aromatic rings. The van der Waals surface area contributed by atoms with E-state index in [1.54, 1.807) is 6.20 Å². The molecule has 1 amide bonds. The van der Waals surface area contributed by atoms with Gasteiger partial charge in [-0.25, -0.2) is 4.98 Å². The van der Waals surface area contributed by atoms with E-state index in [0.717, 1.165) is 23.0 Å². The average Bonchev–Trinajstić information content (AvgIpc) is 2.95. The molecule has 0 aliphatic carbocycles. The maximum absolute atomic E-state index is 12.6. The number of likely N-dealkylation sites (N-methyl/N-ethyl adjacent to an activating group) is 1. The zero-order valence-corrected chi connectivity index (χ0v) is 15.8. The third-order valence-electron chi connectivity index (χ3n) is 3.46. The van der Waals surface area contributed by atoms with Crippen molar-refractivity contribution in [3.63, 3.8) is 0 Å². The Morgan fingerprint density at radius 3 is 2.54 bits per heavy atom. The Balaban J connectivity index is 1.96. The van der Waals surface area contributed by atoms with Gasteiger partial charge in [-0.1, -0.05) is 11.6 Å². The quantitative estimate of drug-likeness (QED) is 0.729. The number of carbonyl (C=O) groups is 1. The molecule has 0 aliphatic heterocycles. The highest BCUT2D eigenvalue weighted by Gasteiger charge is 2.15. The number of hydrogen-bond donors (Lipinski definition) is 1. The molecule has 0 saturated heterocycles.